The average Bonchev–Trinajstić information content (AvgIpc) is 2.44. The molecular weight excluding hydrogens is 279 g/mol. The van der Waals surface area contributed by atoms with Gasteiger partial charge in [-0.15, -0.1) is 0 Å². The molecule has 0 radical (unpaired) electrons. The van der Waals surface area contributed by atoms with Crippen LogP contribution >= 0.6 is 18.2 Å². The molecule has 0 fully saturated rings. The molecule has 0 aromatic rings. The zero-order valence-corrected chi connectivity index (χ0v) is 14.6. The Balaban J connectivity index is 3.21. The van der Waals surface area contributed by atoms with E-state index in [1.807, 2.05) is 0 Å². The zero-order chi connectivity index (χ0) is 14.4. The first-order valence-electron chi connectivity index (χ1n) is 7.54. The number of rotatable bonds is 14. The highest BCUT2D eigenvalue weighted by atomic mass is 32.7. The quantitative estimate of drug-likeness (QED) is 0.289. The molecule has 0 heterocycles. The number of hydrogen-bond acceptors (Lipinski definition) is 4. The van der Waals surface area contributed by atoms with Gasteiger partial charge in [-0.25, -0.2) is 4.57 Å². The summed E-state index contributed by atoms with van der Waals surface area (Å²) in [7, 11) is 2.88. The summed E-state index contributed by atoms with van der Waals surface area (Å²) in [4.78, 5) is 0. The minimum Gasteiger partial charge on any atom is -0.304 e. The lowest BCUT2D eigenvalue weighted by atomic mass is 10.1. The van der Waals surface area contributed by atoms with Crippen LogP contribution in [0.15, 0.2) is 0 Å². The van der Waals surface area contributed by atoms with Crippen LogP contribution in [-0.2, 0) is 13.6 Å². The maximum absolute atomic E-state index is 11.7. The maximum atomic E-state index is 11.7. The van der Waals surface area contributed by atoms with Crippen LogP contribution in [0.3, 0.4) is 0 Å². The largest absolute Gasteiger partial charge is 0.388 e. The third kappa shape index (κ3) is 12.0. The van der Waals surface area contributed by atoms with Crippen LogP contribution in [0.2, 0.25) is 0 Å². The lowest BCUT2D eigenvalue weighted by molar-refractivity contribution is 0.295. The van der Waals surface area contributed by atoms with Crippen molar-refractivity contribution < 1.29 is 13.6 Å². The first-order chi connectivity index (χ1) is 9.18. The number of unbranched alkanes of at least 4 members (excludes halogenated alkanes) is 9. The predicted octanol–water partition coefficient (Wildman–Crippen LogP) is 6.04. The molecule has 0 aliphatic heterocycles. The van der Waals surface area contributed by atoms with Gasteiger partial charge in [0, 0.05) is 20.0 Å². The molecule has 0 aliphatic rings. The van der Waals surface area contributed by atoms with Gasteiger partial charge < -0.3 is 9.05 Å². The van der Waals surface area contributed by atoms with E-state index < -0.39 is 6.80 Å². The van der Waals surface area contributed by atoms with Crippen LogP contribution in [-0.4, -0.2) is 20.0 Å². The molecule has 0 bridgehead atoms. The van der Waals surface area contributed by atoms with Gasteiger partial charge in [-0.1, -0.05) is 64.7 Å². The lowest BCUT2D eigenvalue weighted by Gasteiger charge is -2.11. The van der Waals surface area contributed by atoms with E-state index in [9.17, 15) is 4.57 Å². The molecule has 0 unspecified atom stereocenters. The van der Waals surface area contributed by atoms with Crippen molar-refractivity contribution in [3.8, 4) is 0 Å². The van der Waals surface area contributed by atoms with Crippen molar-refractivity contribution in [1.29, 1.82) is 0 Å². The minimum atomic E-state index is -2.84. The molecule has 0 aliphatic carbocycles. The fraction of sp³-hybridized carbons (Fsp3) is 1.00. The fourth-order valence-electron chi connectivity index (χ4n) is 1.95. The fourth-order valence-corrected chi connectivity index (χ4v) is 4.55. The maximum Gasteiger partial charge on any atom is 0.388 e. The highest BCUT2D eigenvalue weighted by Crippen LogP contribution is 2.59. The molecule has 0 aromatic carbocycles. The van der Waals surface area contributed by atoms with Gasteiger partial charge in [0.25, 0.3) is 0 Å². The smallest absolute Gasteiger partial charge is 0.304 e. The van der Waals surface area contributed by atoms with Crippen molar-refractivity contribution in [2.75, 3.05) is 20.0 Å². The molecule has 19 heavy (non-hydrogen) atoms. The van der Waals surface area contributed by atoms with Gasteiger partial charge in [0.15, 0.2) is 0 Å². The Morgan fingerprint density at radius 3 is 1.63 bits per heavy atom. The van der Waals surface area contributed by atoms with Gasteiger partial charge >= 0.3 is 6.80 Å². The second-order valence-corrected chi connectivity index (χ2v) is 9.23. The summed E-state index contributed by atoms with van der Waals surface area (Å²) in [5, 5.41) is 0. The first-order valence-corrected chi connectivity index (χ1v) is 10.7. The summed E-state index contributed by atoms with van der Waals surface area (Å²) in [5.41, 5.74) is 0. The van der Waals surface area contributed by atoms with Gasteiger partial charge in [-0.2, -0.15) is 0 Å². The lowest BCUT2D eigenvalue weighted by Crippen LogP contribution is -1.87. The average molecular weight is 310 g/mol. The third-order valence-corrected chi connectivity index (χ3v) is 7.27. The number of hydrogen-bond donors (Lipinski definition) is 0. The van der Waals surface area contributed by atoms with Crippen molar-refractivity contribution in [3.05, 3.63) is 0 Å². The van der Waals surface area contributed by atoms with Crippen molar-refractivity contribution >= 4 is 18.2 Å². The zero-order valence-electron chi connectivity index (χ0n) is 12.9. The van der Waals surface area contributed by atoms with E-state index >= 15 is 0 Å². The van der Waals surface area contributed by atoms with Crippen LogP contribution in [0.1, 0.15) is 71.1 Å². The van der Waals surface area contributed by atoms with Gasteiger partial charge in [-0.3, -0.25) is 0 Å². The van der Waals surface area contributed by atoms with Crippen LogP contribution in [0.25, 0.3) is 0 Å². The van der Waals surface area contributed by atoms with Crippen LogP contribution in [0.5, 0.6) is 0 Å². The second kappa shape index (κ2) is 13.5. The monoisotopic (exact) mass is 310 g/mol. The summed E-state index contributed by atoms with van der Waals surface area (Å²) in [6.45, 7) is -0.588. The summed E-state index contributed by atoms with van der Waals surface area (Å²) in [6.07, 6.45) is 13.2. The van der Waals surface area contributed by atoms with Gasteiger partial charge in [0.2, 0.25) is 0 Å². The predicted molar refractivity (Wildman–Crippen MR) is 85.9 cm³/mol. The molecule has 0 aromatic heterocycles. The van der Waals surface area contributed by atoms with E-state index in [1.165, 1.54) is 83.4 Å². The van der Waals surface area contributed by atoms with E-state index in [0.29, 0.717) is 0 Å². The van der Waals surface area contributed by atoms with Gasteiger partial charge in [0.1, 0.15) is 0 Å². The summed E-state index contributed by atoms with van der Waals surface area (Å²) >= 11 is 1.31. The van der Waals surface area contributed by atoms with E-state index in [-0.39, 0.29) is 0 Å². The Labute approximate surface area is 123 Å². The third-order valence-electron chi connectivity index (χ3n) is 3.19. The Kier molecular flexibility index (Phi) is 13.8. The highest BCUT2D eigenvalue weighted by molar-refractivity contribution is 8.55. The van der Waals surface area contributed by atoms with E-state index in [1.54, 1.807) is 0 Å². The van der Waals surface area contributed by atoms with E-state index in [4.69, 9.17) is 9.05 Å². The first kappa shape index (κ1) is 19.5. The topological polar surface area (TPSA) is 35.5 Å². The van der Waals surface area contributed by atoms with Crippen LogP contribution in [0.4, 0.5) is 0 Å². The van der Waals surface area contributed by atoms with E-state index in [2.05, 4.69) is 6.92 Å². The van der Waals surface area contributed by atoms with Crippen LogP contribution < -0.4 is 0 Å². The Morgan fingerprint density at radius 2 is 1.21 bits per heavy atom. The van der Waals surface area contributed by atoms with Gasteiger partial charge in [-0.05, 0) is 17.8 Å². The van der Waals surface area contributed by atoms with Crippen molar-refractivity contribution in [3.63, 3.8) is 0 Å². The molecule has 0 amide bonds. The molecular formula is C14H31O3PS. The van der Waals surface area contributed by atoms with Crippen LogP contribution in [0, 0.1) is 0 Å². The second-order valence-electron chi connectivity index (χ2n) is 4.83. The standard InChI is InChI=1S/C14H31O3PS/c1-4-5-6-7-8-9-10-11-12-13-14-19-18(15,16-2)17-3/h4-14H2,1-3H3. The van der Waals surface area contributed by atoms with Crippen molar-refractivity contribution in [2.24, 2.45) is 0 Å². The Morgan fingerprint density at radius 1 is 0.789 bits per heavy atom. The molecule has 116 valence electrons. The SMILES string of the molecule is CCCCCCCCCCCCSP(=O)(OC)OC. The molecule has 0 saturated carbocycles. The van der Waals surface area contributed by atoms with E-state index in [0.717, 1.165) is 12.2 Å². The molecule has 0 spiro atoms. The molecule has 0 saturated heterocycles. The molecule has 0 N–H and O–H groups in total. The summed E-state index contributed by atoms with van der Waals surface area (Å²) < 4.78 is 21.5. The highest BCUT2D eigenvalue weighted by Gasteiger charge is 2.20. The normalized spacial score (nSPS) is 11.9. The molecule has 3 nitrogen and oxygen atoms in total. The Hall–Kier alpha value is 0.500. The minimum absolute atomic E-state index is 0.857. The summed E-state index contributed by atoms with van der Waals surface area (Å²) in [6, 6.07) is 0. The molecule has 0 atom stereocenters. The molecule has 5 heteroatoms. The summed E-state index contributed by atoms with van der Waals surface area (Å²) in [5.74, 6) is 0.857. The Bertz CT molecular complexity index is 229. The van der Waals surface area contributed by atoms with Crippen molar-refractivity contribution in [2.45, 2.75) is 71.1 Å². The van der Waals surface area contributed by atoms with Crippen molar-refractivity contribution in [1.82, 2.24) is 0 Å². The van der Waals surface area contributed by atoms with Gasteiger partial charge in [0.05, 0.1) is 0 Å². The molecule has 0 rings (SSSR count).